The van der Waals surface area contributed by atoms with E-state index in [1.54, 1.807) is 38.2 Å². The summed E-state index contributed by atoms with van der Waals surface area (Å²) in [5.74, 6) is -0.276. The number of carbonyl (C=O) groups excluding carboxylic acids is 2. The van der Waals surface area contributed by atoms with E-state index in [1.807, 2.05) is 4.57 Å². The van der Waals surface area contributed by atoms with Gasteiger partial charge in [0.05, 0.1) is 12.1 Å². The summed E-state index contributed by atoms with van der Waals surface area (Å²) >= 11 is 0.799. The standard InChI is InChI=1S/C31H33F3N6O4S/c1-4-35-30(43)38-26-13-20(28-37-25(17-45-28)31(32,33)34)22(14-36-26)19-6-7-24-21(12-19)27(41)23(29(42)44-5-2)16-40(24)15-18-8-10-39(3)11-9-18/h6-7,12-14,16-18H,4-5,8-11,15H2,1-3H3,(H2,35,36,38,43). The van der Waals surface area contributed by atoms with Gasteiger partial charge in [-0.25, -0.2) is 19.6 Å². The van der Waals surface area contributed by atoms with Crippen LogP contribution in [0.1, 0.15) is 42.7 Å². The first-order valence-corrected chi connectivity index (χ1v) is 15.5. The van der Waals surface area contributed by atoms with E-state index in [0.717, 1.165) is 42.6 Å². The van der Waals surface area contributed by atoms with E-state index in [-0.39, 0.29) is 33.9 Å². The van der Waals surface area contributed by atoms with Crippen molar-refractivity contribution < 1.29 is 27.5 Å². The van der Waals surface area contributed by atoms with Crippen LogP contribution in [-0.4, -0.2) is 64.7 Å². The van der Waals surface area contributed by atoms with Gasteiger partial charge in [0.25, 0.3) is 0 Å². The Morgan fingerprint density at radius 1 is 1.13 bits per heavy atom. The molecule has 0 aliphatic carbocycles. The average Bonchev–Trinajstić information content (AvgIpc) is 3.51. The number of nitrogens with one attached hydrogen (secondary N) is 2. The van der Waals surface area contributed by atoms with Crippen molar-refractivity contribution in [3.05, 3.63) is 63.5 Å². The molecule has 2 amide bonds. The van der Waals surface area contributed by atoms with Crippen molar-refractivity contribution in [1.29, 1.82) is 0 Å². The van der Waals surface area contributed by atoms with Crippen LogP contribution < -0.4 is 16.1 Å². The number of likely N-dealkylation sites (tertiary alicyclic amines) is 1. The molecule has 238 valence electrons. The van der Waals surface area contributed by atoms with E-state index in [9.17, 15) is 27.6 Å². The van der Waals surface area contributed by atoms with E-state index in [2.05, 4.69) is 32.5 Å². The molecule has 0 atom stereocenters. The van der Waals surface area contributed by atoms with Crippen molar-refractivity contribution >= 4 is 40.1 Å². The zero-order valence-corrected chi connectivity index (χ0v) is 25.8. The smallest absolute Gasteiger partial charge is 0.434 e. The third kappa shape index (κ3) is 7.17. The van der Waals surface area contributed by atoms with Crippen LogP contribution in [0.2, 0.25) is 0 Å². The number of hydrogen-bond donors (Lipinski definition) is 2. The van der Waals surface area contributed by atoms with Crippen LogP contribution in [0.4, 0.5) is 23.8 Å². The highest BCUT2D eigenvalue weighted by Crippen LogP contribution is 2.39. The van der Waals surface area contributed by atoms with Crippen molar-refractivity contribution in [1.82, 2.24) is 24.8 Å². The summed E-state index contributed by atoms with van der Waals surface area (Å²) in [6.45, 7) is 6.36. The summed E-state index contributed by atoms with van der Waals surface area (Å²) in [4.78, 5) is 49.1. The summed E-state index contributed by atoms with van der Waals surface area (Å²) in [7, 11) is 2.08. The number of piperidine rings is 1. The van der Waals surface area contributed by atoms with Gasteiger partial charge in [0.1, 0.15) is 16.4 Å². The number of ether oxygens (including phenoxy) is 1. The molecular weight excluding hydrogens is 609 g/mol. The molecule has 5 rings (SSSR count). The minimum Gasteiger partial charge on any atom is -0.462 e. The van der Waals surface area contributed by atoms with Gasteiger partial charge in [-0.05, 0) is 76.5 Å². The predicted octanol–water partition coefficient (Wildman–Crippen LogP) is 5.87. The molecule has 0 bridgehead atoms. The lowest BCUT2D eigenvalue weighted by Crippen LogP contribution is -2.32. The minimum atomic E-state index is -4.64. The first-order valence-electron chi connectivity index (χ1n) is 14.6. The second kappa shape index (κ2) is 13.4. The summed E-state index contributed by atoms with van der Waals surface area (Å²) in [5, 5.41) is 6.39. The Morgan fingerprint density at radius 3 is 2.56 bits per heavy atom. The minimum absolute atomic E-state index is 0.0544. The molecule has 0 unspecified atom stereocenters. The molecule has 3 aromatic heterocycles. The Kier molecular flexibility index (Phi) is 9.53. The number of alkyl halides is 3. The number of nitrogens with zero attached hydrogens (tertiary/aromatic N) is 4. The van der Waals surface area contributed by atoms with Crippen molar-refractivity contribution in [3.63, 3.8) is 0 Å². The maximum atomic E-state index is 13.7. The Hall–Kier alpha value is -4.30. The normalized spacial score (nSPS) is 14.4. The fraction of sp³-hybridized carbons (Fsp3) is 0.387. The monoisotopic (exact) mass is 642 g/mol. The quantitative estimate of drug-likeness (QED) is 0.231. The molecule has 0 spiro atoms. The van der Waals surface area contributed by atoms with Gasteiger partial charge in [-0.3, -0.25) is 10.1 Å². The molecule has 2 N–H and O–H groups in total. The molecule has 14 heteroatoms. The average molecular weight is 643 g/mol. The molecule has 1 aliphatic heterocycles. The number of anilines is 1. The van der Waals surface area contributed by atoms with E-state index >= 15 is 0 Å². The predicted molar refractivity (Wildman–Crippen MR) is 166 cm³/mol. The van der Waals surface area contributed by atoms with Crippen LogP contribution in [0.25, 0.3) is 32.6 Å². The molecule has 4 aromatic rings. The Labute approximate surface area is 261 Å². The summed E-state index contributed by atoms with van der Waals surface area (Å²) in [6, 6.07) is 6.06. The topological polar surface area (TPSA) is 118 Å². The van der Waals surface area contributed by atoms with Crippen molar-refractivity contribution in [3.8, 4) is 21.7 Å². The van der Waals surface area contributed by atoms with Crippen LogP contribution in [-0.2, 0) is 17.5 Å². The number of amides is 2. The number of urea groups is 1. The van der Waals surface area contributed by atoms with Crippen LogP contribution in [0.5, 0.6) is 0 Å². The zero-order chi connectivity index (χ0) is 32.3. The number of hydrogen-bond acceptors (Lipinski definition) is 8. The van der Waals surface area contributed by atoms with Gasteiger partial charge >= 0.3 is 18.2 Å². The molecule has 1 fully saturated rings. The number of thiazole rings is 1. The van der Waals surface area contributed by atoms with Crippen molar-refractivity contribution in [2.75, 3.05) is 38.6 Å². The molecule has 10 nitrogen and oxygen atoms in total. The molecule has 1 saturated heterocycles. The number of halogens is 3. The first kappa shape index (κ1) is 32.1. The SMILES string of the molecule is CCNC(=O)Nc1cc(-c2nc(C(F)(F)F)cs2)c(-c2ccc3c(c2)c(=O)c(C(=O)OCC)cn3CC2CCN(C)CC2)cn1. The number of aromatic nitrogens is 3. The molecular formula is C31H33F3N6O4S. The van der Waals surface area contributed by atoms with Crippen LogP contribution in [0.3, 0.4) is 0 Å². The molecule has 0 saturated carbocycles. The van der Waals surface area contributed by atoms with Gasteiger partial charge in [0.2, 0.25) is 5.43 Å². The van der Waals surface area contributed by atoms with Crippen molar-refractivity contribution in [2.24, 2.45) is 5.92 Å². The molecule has 0 radical (unpaired) electrons. The number of fused-ring (bicyclic) bond motifs is 1. The van der Waals surface area contributed by atoms with E-state index < -0.39 is 29.3 Å². The van der Waals surface area contributed by atoms with Crippen molar-refractivity contribution in [2.45, 2.75) is 39.4 Å². The first-order chi connectivity index (χ1) is 21.5. The van der Waals surface area contributed by atoms with E-state index in [0.29, 0.717) is 35.7 Å². The zero-order valence-electron chi connectivity index (χ0n) is 25.0. The third-order valence-electron chi connectivity index (χ3n) is 7.69. The van der Waals surface area contributed by atoms with Gasteiger partial charge in [0, 0.05) is 47.4 Å². The van der Waals surface area contributed by atoms with Gasteiger partial charge in [-0.2, -0.15) is 13.2 Å². The Balaban J connectivity index is 1.65. The Morgan fingerprint density at radius 2 is 1.89 bits per heavy atom. The number of benzene rings is 1. The number of carbonyl (C=O) groups is 2. The Bertz CT molecular complexity index is 1780. The lowest BCUT2D eigenvalue weighted by atomic mass is 9.96. The second-order valence-electron chi connectivity index (χ2n) is 10.9. The third-order valence-corrected chi connectivity index (χ3v) is 8.56. The summed E-state index contributed by atoms with van der Waals surface area (Å²) in [5.41, 5.74) is 0.120. The highest BCUT2D eigenvalue weighted by atomic mass is 32.1. The fourth-order valence-electron chi connectivity index (χ4n) is 5.37. The van der Waals surface area contributed by atoms with Crippen LogP contribution in [0, 0.1) is 5.92 Å². The van der Waals surface area contributed by atoms with Gasteiger partial charge in [-0.15, -0.1) is 11.3 Å². The number of pyridine rings is 2. The van der Waals surface area contributed by atoms with E-state index in [1.165, 1.54) is 12.3 Å². The highest BCUT2D eigenvalue weighted by molar-refractivity contribution is 7.13. The molecule has 1 aliphatic rings. The summed E-state index contributed by atoms with van der Waals surface area (Å²) < 4.78 is 47.5. The van der Waals surface area contributed by atoms with Gasteiger partial charge in [-0.1, -0.05) is 6.07 Å². The van der Waals surface area contributed by atoms with Gasteiger partial charge in [0.15, 0.2) is 5.69 Å². The number of esters is 1. The second-order valence-corrected chi connectivity index (χ2v) is 11.7. The molecule has 4 heterocycles. The molecule has 45 heavy (non-hydrogen) atoms. The largest absolute Gasteiger partial charge is 0.462 e. The maximum absolute atomic E-state index is 13.7. The fourth-order valence-corrected chi connectivity index (χ4v) is 6.23. The van der Waals surface area contributed by atoms with Crippen LogP contribution in [0.15, 0.2) is 46.8 Å². The lowest BCUT2D eigenvalue weighted by Gasteiger charge is -2.30. The van der Waals surface area contributed by atoms with E-state index in [4.69, 9.17) is 4.74 Å². The summed E-state index contributed by atoms with van der Waals surface area (Å²) in [6.07, 6.45) is 0.269. The number of rotatable bonds is 8. The maximum Gasteiger partial charge on any atom is 0.434 e. The van der Waals surface area contributed by atoms with Crippen LogP contribution >= 0.6 is 11.3 Å². The molecule has 1 aromatic carbocycles. The van der Waals surface area contributed by atoms with Gasteiger partial charge < -0.3 is 19.5 Å². The lowest BCUT2D eigenvalue weighted by molar-refractivity contribution is -0.140. The highest BCUT2D eigenvalue weighted by Gasteiger charge is 2.34.